The fourth-order valence-electron chi connectivity index (χ4n) is 3.27. The highest BCUT2D eigenvalue weighted by molar-refractivity contribution is 6.74. The van der Waals surface area contributed by atoms with E-state index in [4.69, 9.17) is 9.16 Å². The molecule has 0 aliphatic heterocycles. The largest absolute Gasteiger partial charge is 0.444 e. The predicted octanol–water partition coefficient (Wildman–Crippen LogP) is 6.75. The van der Waals surface area contributed by atoms with Crippen LogP contribution < -0.4 is 5.32 Å². The Hall–Kier alpha value is -1.60. The second-order valence-corrected chi connectivity index (χ2v) is 16.4. The van der Waals surface area contributed by atoms with E-state index in [0.29, 0.717) is 6.04 Å². The molecule has 2 atom stereocenters. The first kappa shape index (κ1) is 26.6. The Labute approximate surface area is 196 Å². The Bertz CT molecular complexity index is 749. The summed E-state index contributed by atoms with van der Waals surface area (Å²) < 4.78 is 12.7. The van der Waals surface area contributed by atoms with Crippen LogP contribution >= 0.6 is 0 Å². The Kier molecular flexibility index (Phi) is 8.43. The van der Waals surface area contributed by atoms with Gasteiger partial charge in [-0.3, -0.25) is 0 Å². The van der Waals surface area contributed by atoms with Gasteiger partial charge < -0.3 is 19.4 Å². The fourth-order valence-corrected chi connectivity index (χ4v) is 4.55. The van der Waals surface area contributed by atoms with Crippen molar-refractivity contribution in [1.29, 1.82) is 0 Å². The second kappa shape index (κ2) is 10.1. The summed E-state index contributed by atoms with van der Waals surface area (Å²) in [6.45, 7) is 19.1. The third kappa shape index (κ3) is 7.48. The van der Waals surface area contributed by atoms with Crippen LogP contribution in [0.2, 0.25) is 18.1 Å². The molecular weight excluding hydrogens is 418 g/mol. The van der Waals surface area contributed by atoms with Crippen molar-refractivity contribution < 1.29 is 14.0 Å². The zero-order chi connectivity index (χ0) is 24.3. The fraction of sp³-hybridized carbons (Fsp3) is 0.760. The summed E-state index contributed by atoms with van der Waals surface area (Å²) in [5.74, 6) is 0.898. The van der Waals surface area contributed by atoms with E-state index in [2.05, 4.69) is 57.2 Å². The lowest BCUT2D eigenvalue weighted by Crippen LogP contribution is -2.49. The lowest BCUT2D eigenvalue weighted by Gasteiger charge is -2.43. The van der Waals surface area contributed by atoms with Crippen molar-refractivity contribution in [2.24, 2.45) is 0 Å². The number of nitrogens with zero attached hydrogens (tertiary/aromatic N) is 2. The van der Waals surface area contributed by atoms with Gasteiger partial charge in [0.15, 0.2) is 8.32 Å². The van der Waals surface area contributed by atoms with Gasteiger partial charge in [-0.25, -0.2) is 9.78 Å². The topological polar surface area (TPSA) is 63.7 Å². The van der Waals surface area contributed by atoms with Gasteiger partial charge in [-0.15, -0.1) is 0 Å². The van der Waals surface area contributed by atoms with E-state index < -0.39 is 13.9 Å². The van der Waals surface area contributed by atoms with Crippen LogP contribution in [0.5, 0.6) is 0 Å². The van der Waals surface area contributed by atoms with E-state index in [1.807, 2.05) is 40.1 Å². The molecule has 0 saturated heterocycles. The van der Waals surface area contributed by atoms with Gasteiger partial charge in [-0.1, -0.05) is 40.2 Å². The highest BCUT2D eigenvalue weighted by atomic mass is 28.4. The van der Waals surface area contributed by atoms with Crippen LogP contribution in [-0.4, -0.2) is 49.0 Å². The lowest BCUT2D eigenvalue weighted by molar-refractivity contribution is 0.00215. The molecule has 32 heavy (non-hydrogen) atoms. The summed E-state index contributed by atoms with van der Waals surface area (Å²) >= 11 is 0. The maximum absolute atomic E-state index is 13.0. The summed E-state index contributed by atoms with van der Waals surface area (Å²) in [6, 6.07) is 4.54. The number of pyridine rings is 1. The van der Waals surface area contributed by atoms with Crippen LogP contribution in [0.25, 0.3) is 0 Å². The van der Waals surface area contributed by atoms with Crippen molar-refractivity contribution in [2.45, 2.75) is 116 Å². The summed E-state index contributed by atoms with van der Waals surface area (Å²) in [5, 5.41) is 3.50. The molecule has 7 heteroatoms. The quantitative estimate of drug-likeness (QED) is 0.410. The number of nitrogens with one attached hydrogen (secondary N) is 1. The van der Waals surface area contributed by atoms with Crippen molar-refractivity contribution >= 4 is 20.2 Å². The lowest BCUT2D eigenvalue weighted by atomic mass is 9.99. The predicted molar refractivity (Wildman–Crippen MR) is 135 cm³/mol. The van der Waals surface area contributed by atoms with Crippen molar-refractivity contribution in [1.82, 2.24) is 9.88 Å². The molecule has 0 bridgehead atoms. The number of hydrogen-bond donors (Lipinski definition) is 1. The number of aromatic nitrogens is 1. The monoisotopic (exact) mass is 463 g/mol. The summed E-state index contributed by atoms with van der Waals surface area (Å²) in [7, 11) is -0.296. The average Bonchev–Trinajstić information content (AvgIpc) is 3.46. The van der Waals surface area contributed by atoms with Gasteiger partial charge in [0.2, 0.25) is 0 Å². The molecular formula is C25H45N3O3Si. The molecule has 1 saturated carbocycles. The first-order valence-corrected chi connectivity index (χ1v) is 14.9. The minimum atomic E-state index is -2.12. The molecule has 0 radical (unpaired) electrons. The number of hydrogen-bond acceptors (Lipinski definition) is 5. The molecule has 0 aromatic carbocycles. The molecule has 1 N–H and O–H groups in total. The highest BCUT2D eigenvalue weighted by Crippen LogP contribution is 2.42. The minimum Gasteiger partial charge on any atom is -0.444 e. The number of rotatable bonds is 9. The normalized spacial score (nSPS) is 16.9. The molecule has 1 aromatic heterocycles. The first-order chi connectivity index (χ1) is 14.6. The first-order valence-electron chi connectivity index (χ1n) is 12.0. The van der Waals surface area contributed by atoms with Crippen molar-refractivity contribution in [3.8, 4) is 0 Å². The third-order valence-corrected chi connectivity index (χ3v) is 10.8. The number of ether oxygens (including phenoxy) is 1. The third-order valence-electron chi connectivity index (χ3n) is 6.38. The molecule has 1 heterocycles. The maximum Gasteiger partial charge on any atom is 0.410 e. The van der Waals surface area contributed by atoms with Gasteiger partial charge in [0.05, 0.1) is 12.1 Å². The number of likely N-dealkylation sites (N-methyl/N-ethyl adjacent to an activating group) is 1. The van der Waals surface area contributed by atoms with E-state index in [1.165, 1.54) is 12.8 Å². The number of carbonyl (C=O) groups is 1. The molecule has 2 rings (SSSR count). The van der Waals surface area contributed by atoms with Crippen molar-refractivity contribution in [3.63, 3.8) is 0 Å². The molecule has 1 fully saturated rings. The summed E-state index contributed by atoms with van der Waals surface area (Å²) in [6.07, 6.45) is 5.49. The molecule has 1 aliphatic carbocycles. The van der Waals surface area contributed by atoms with Gasteiger partial charge in [0.1, 0.15) is 11.4 Å². The SMILES string of the molecule is CCC[C@H]([C@H](O[Si](C)(C)C(C)(C)C)c1ccc(NC2CC2)nc1)N(C)C(=O)OC(C)(C)C. The van der Waals surface area contributed by atoms with E-state index in [9.17, 15) is 4.79 Å². The Morgan fingerprint density at radius 1 is 1.22 bits per heavy atom. The standard InChI is InChI=1S/C25H45N3O3Si/c1-11-12-20(28(8)23(29)30-24(2,3)4)22(31-32(9,10)25(5,6)7)18-13-16-21(26-17-18)27-19-14-15-19/h13,16-17,19-20,22H,11-12,14-15H2,1-10H3,(H,26,27)/t20-,22-/m1/s1. The highest BCUT2D eigenvalue weighted by Gasteiger charge is 2.43. The van der Waals surface area contributed by atoms with Crippen LogP contribution in [0.15, 0.2) is 18.3 Å². The summed E-state index contributed by atoms with van der Waals surface area (Å²) in [4.78, 5) is 19.4. The smallest absolute Gasteiger partial charge is 0.410 e. The number of carbonyl (C=O) groups excluding carboxylic acids is 1. The molecule has 0 unspecified atom stereocenters. The van der Waals surface area contributed by atoms with Crippen LogP contribution in [0, 0.1) is 0 Å². The van der Waals surface area contributed by atoms with Gasteiger partial charge in [-0.2, -0.15) is 0 Å². The van der Waals surface area contributed by atoms with Crippen LogP contribution in [0.4, 0.5) is 10.6 Å². The molecule has 0 spiro atoms. The maximum atomic E-state index is 13.0. The van der Waals surface area contributed by atoms with Crippen molar-refractivity contribution in [3.05, 3.63) is 23.9 Å². The zero-order valence-electron chi connectivity index (χ0n) is 21.9. The molecule has 182 valence electrons. The van der Waals surface area contributed by atoms with Gasteiger partial charge in [0, 0.05) is 24.8 Å². The van der Waals surface area contributed by atoms with Crippen LogP contribution in [0.1, 0.15) is 85.8 Å². The van der Waals surface area contributed by atoms with Crippen molar-refractivity contribution in [2.75, 3.05) is 12.4 Å². The number of amides is 1. The number of anilines is 1. The van der Waals surface area contributed by atoms with Crippen LogP contribution in [-0.2, 0) is 9.16 Å². The second-order valence-electron chi connectivity index (χ2n) is 11.6. The zero-order valence-corrected chi connectivity index (χ0v) is 22.9. The van der Waals surface area contributed by atoms with Gasteiger partial charge >= 0.3 is 6.09 Å². The minimum absolute atomic E-state index is 0.0490. The average molecular weight is 464 g/mol. The van der Waals surface area contributed by atoms with E-state index in [-0.39, 0.29) is 23.3 Å². The van der Waals surface area contributed by atoms with E-state index in [0.717, 1.165) is 24.2 Å². The van der Waals surface area contributed by atoms with Gasteiger partial charge in [-0.05, 0) is 64.2 Å². The Balaban J connectivity index is 2.39. The van der Waals surface area contributed by atoms with E-state index in [1.54, 1.807) is 4.90 Å². The molecule has 1 aliphatic rings. The molecule has 6 nitrogen and oxygen atoms in total. The summed E-state index contributed by atoms with van der Waals surface area (Å²) in [5.41, 5.74) is 0.459. The van der Waals surface area contributed by atoms with E-state index >= 15 is 0 Å². The Morgan fingerprint density at radius 3 is 2.28 bits per heavy atom. The molecule has 1 aromatic rings. The molecule has 1 amide bonds. The Morgan fingerprint density at radius 2 is 1.84 bits per heavy atom. The van der Waals surface area contributed by atoms with Crippen LogP contribution in [0.3, 0.4) is 0 Å². The van der Waals surface area contributed by atoms with Gasteiger partial charge in [0.25, 0.3) is 0 Å².